The Morgan fingerprint density at radius 3 is 2.25 bits per heavy atom. The Bertz CT molecular complexity index is 276. The summed E-state index contributed by atoms with van der Waals surface area (Å²) >= 11 is 0. The van der Waals surface area contributed by atoms with Crippen LogP contribution in [-0.2, 0) is 19.1 Å². The van der Waals surface area contributed by atoms with Crippen LogP contribution in [0.3, 0.4) is 0 Å². The van der Waals surface area contributed by atoms with Gasteiger partial charge in [-0.1, -0.05) is 13.8 Å². The summed E-state index contributed by atoms with van der Waals surface area (Å²) in [6.45, 7) is 5.24. The molecule has 3 N–H and O–H groups in total. The fourth-order valence-electron chi connectivity index (χ4n) is 0.948. The van der Waals surface area contributed by atoms with E-state index in [-0.39, 0.29) is 24.9 Å². The van der Waals surface area contributed by atoms with Crippen LogP contribution in [0.5, 0.6) is 0 Å². The molecule has 2 amide bonds. The molecule has 0 aliphatic carbocycles. The van der Waals surface area contributed by atoms with Gasteiger partial charge >= 0.3 is 5.97 Å². The molecule has 6 nitrogen and oxygen atoms in total. The molecule has 0 bridgehead atoms. The van der Waals surface area contributed by atoms with Crippen LogP contribution >= 0.6 is 0 Å². The Kier molecular flexibility index (Phi) is 6.14. The van der Waals surface area contributed by atoms with Crippen LogP contribution in [-0.4, -0.2) is 30.4 Å². The highest BCUT2D eigenvalue weighted by atomic mass is 16.5. The molecular formula is C10H18N2O4. The Balaban J connectivity index is 4.34. The normalized spacial score (nSPS) is 12.0. The van der Waals surface area contributed by atoms with Crippen molar-refractivity contribution < 1.29 is 19.1 Å². The largest absolute Gasteiger partial charge is 0.466 e. The summed E-state index contributed by atoms with van der Waals surface area (Å²) in [6.07, 6.45) is -0.234. The predicted octanol–water partition coefficient (Wildman–Crippen LogP) is -0.434. The lowest BCUT2D eigenvalue weighted by Gasteiger charge is -2.15. The number of carbonyl (C=O) groups is 3. The van der Waals surface area contributed by atoms with Gasteiger partial charge in [-0.15, -0.1) is 0 Å². The van der Waals surface area contributed by atoms with Crippen molar-refractivity contribution in [3.05, 3.63) is 0 Å². The van der Waals surface area contributed by atoms with Crippen molar-refractivity contribution in [1.29, 1.82) is 0 Å². The average Bonchev–Trinajstić information content (AvgIpc) is 2.16. The third kappa shape index (κ3) is 5.33. The summed E-state index contributed by atoms with van der Waals surface area (Å²) in [5.41, 5.74) is 5.07. The molecule has 0 aliphatic heterocycles. The van der Waals surface area contributed by atoms with Crippen LogP contribution in [0.4, 0.5) is 0 Å². The van der Waals surface area contributed by atoms with Crippen LogP contribution in [0.2, 0.25) is 0 Å². The summed E-state index contributed by atoms with van der Waals surface area (Å²) in [7, 11) is 0. The topological polar surface area (TPSA) is 98.5 Å². The second kappa shape index (κ2) is 6.81. The summed E-state index contributed by atoms with van der Waals surface area (Å²) in [4.78, 5) is 33.5. The van der Waals surface area contributed by atoms with E-state index in [0.717, 1.165) is 0 Å². The van der Waals surface area contributed by atoms with Gasteiger partial charge < -0.3 is 15.8 Å². The predicted molar refractivity (Wildman–Crippen MR) is 57.2 cm³/mol. The molecule has 0 heterocycles. The Labute approximate surface area is 94.5 Å². The van der Waals surface area contributed by atoms with Gasteiger partial charge in [-0.25, -0.2) is 0 Å². The maximum atomic E-state index is 11.3. The number of nitrogens with two attached hydrogens (primary N) is 1. The molecule has 0 rings (SSSR count). The average molecular weight is 230 g/mol. The number of esters is 1. The molecule has 0 aliphatic rings. The summed E-state index contributed by atoms with van der Waals surface area (Å²) < 4.78 is 4.67. The van der Waals surface area contributed by atoms with Crippen molar-refractivity contribution >= 4 is 17.8 Å². The Hall–Kier alpha value is -1.59. The van der Waals surface area contributed by atoms with Gasteiger partial charge in [0.25, 0.3) is 0 Å². The second-order valence-electron chi connectivity index (χ2n) is 3.63. The van der Waals surface area contributed by atoms with Crippen LogP contribution < -0.4 is 11.1 Å². The molecular weight excluding hydrogens is 212 g/mol. The third-order valence-electron chi connectivity index (χ3n) is 1.86. The molecule has 0 aromatic heterocycles. The zero-order chi connectivity index (χ0) is 12.7. The molecule has 0 unspecified atom stereocenters. The van der Waals surface area contributed by atoms with Crippen molar-refractivity contribution in [2.24, 2.45) is 11.7 Å². The number of amides is 2. The van der Waals surface area contributed by atoms with E-state index < -0.39 is 17.9 Å². The zero-order valence-electron chi connectivity index (χ0n) is 9.78. The molecule has 0 aromatic carbocycles. The Morgan fingerprint density at radius 2 is 1.88 bits per heavy atom. The summed E-state index contributed by atoms with van der Waals surface area (Å²) in [5.74, 6) is -1.91. The maximum Gasteiger partial charge on any atom is 0.308 e. The maximum absolute atomic E-state index is 11.3. The van der Waals surface area contributed by atoms with Crippen LogP contribution in [0.15, 0.2) is 0 Å². The SMILES string of the molecule is CCOC(=O)C[C@H](NC(=O)C(C)C)C(N)=O. The highest BCUT2D eigenvalue weighted by Crippen LogP contribution is 1.98. The fourth-order valence-corrected chi connectivity index (χ4v) is 0.948. The van der Waals surface area contributed by atoms with Crippen LogP contribution in [0, 0.1) is 5.92 Å². The first kappa shape index (κ1) is 14.4. The molecule has 0 aromatic rings. The highest BCUT2D eigenvalue weighted by molar-refractivity contribution is 5.90. The number of hydrogen-bond acceptors (Lipinski definition) is 4. The molecule has 0 saturated carbocycles. The monoisotopic (exact) mass is 230 g/mol. The van der Waals surface area contributed by atoms with Gasteiger partial charge in [-0.3, -0.25) is 14.4 Å². The van der Waals surface area contributed by atoms with Crippen molar-refractivity contribution in [2.75, 3.05) is 6.61 Å². The van der Waals surface area contributed by atoms with E-state index in [1.54, 1.807) is 20.8 Å². The third-order valence-corrected chi connectivity index (χ3v) is 1.86. The minimum atomic E-state index is -1.01. The summed E-state index contributed by atoms with van der Waals surface area (Å²) in [6, 6.07) is -1.01. The lowest BCUT2D eigenvalue weighted by Crippen LogP contribution is -2.47. The number of ether oxygens (including phenoxy) is 1. The lowest BCUT2D eigenvalue weighted by atomic mass is 10.1. The molecule has 0 saturated heterocycles. The van der Waals surface area contributed by atoms with E-state index in [2.05, 4.69) is 10.1 Å². The van der Waals surface area contributed by atoms with Gasteiger partial charge in [0.05, 0.1) is 13.0 Å². The Morgan fingerprint density at radius 1 is 1.31 bits per heavy atom. The molecule has 0 spiro atoms. The minimum absolute atomic E-state index is 0.225. The highest BCUT2D eigenvalue weighted by Gasteiger charge is 2.23. The van der Waals surface area contributed by atoms with Crippen molar-refractivity contribution in [3.8, 4) is 0 Å². The van der Waals surface area contributed by atoms with Crippen LogP contribution in [0.25, 0.3) is 0 Å². The molecule has 16 heavy (non-hydrogen) atoms. The number of hydrogen-bond donors (Lipinski definition) is 2. The zero-order valence-corrected chi connectivity index (χ0v) is 9.78. The van der Waals surface area contributed by atoms with Crippen LogP contribution in [0.1, 0.15) is 27.2 Å². The first-order valence-corrected chi connectivity index (χ1v) is 5.13. The van der Waals surface area contributed by atoms with Crippen molar-refractivity contribution in [1.82, 2.24) is 5.32 Å². The molecule has 92 valence electrons. The summed E-state index contributed by atoms with van der Waals surface area (Å²) in [5, 5.41) is 2.39. The van der Waals surface area contributed by atoms with E-state index in [4.69, 9.17) is 5.73 Å². The van der Waals surface area contributed by atoms with E-state index in [9.17, 15) is 14.4 Å². The fraction of sp³-hybridized carbons (Fsp3) is 0.700. The van der Waals surface area contributed by atoms with Crippen molar-refractivity contribution in [3.63, 3.8) is 0 Å². The number of rotatable bonds is 6. The smallest absolute Gasteiger partial charge is 0.308 e. The first-order valence-electron chi connectivity index (χ1n) is 5.13. The van der Waals surface area contributed by atoms with Gasteiger partial charge in [0.15, 0.2) is 0 Å². The molecule has 6 heteroatoms. The molecule has 1 atom stereocenters. The number of nitrogens with one attached hydrogen (secondary N) is 1. The number of primary amides is 1. The van der Waals surface area contributed by atoms with E-state index in [0.29, 0.717) is 0 Å². The van der Waals surface area contributed by atoms with Crippen molar-refractivity contribution in [2.45, 2.75) is 33.2 Å². The van der Waals surface area contributed by atoms with E-state index >= 15 is 0 Å². The molecule has 0 fully saturated rings. The second-order valence-corrected chi connectivity index (χ2v) is 3.63. The van der Waals surface area contributed by atoms with Gasteiger partial charge in [-0.2, -0.15) is 0 Å². The standard InChI is InChI=1S/C10H18N2O4/c1-4-16-8(13)5-7(9(11)14)12-10(15)6(2)3/h6-7H,4-5H2,1-3H3,(H2,11,14)(H,12,15)/t7-/m0/s1. The van der Waals surface area contributed by atoms with Gasteiger partial charge in [0, 0.05) is 5.92 Å². The van der Waals surface area contributed by atoms with E-state index in [1.165, 1.54) is 0 Å². The first-order chi connectivity index (χ1) is 7.38. The molecule has 0 radical (unpaired) electrons. The van der Waals surface area contributed by atoms with Gasteiger partial charge in [0.2, 0.25) is 11.8 Å². The number of carbonyl (C=O) groups excluding carboxylic acids is 3. The minimum Gasteiger partial charge on any atom is -0.466 e. The van der Waals surface area contributed by atoms with E-state index in [1.807, 2.05) is 0 Å². The quantitative estimate of drug-likeness (QED) is 0.604. The van der Waals surface area contributed by atoms with Gasteiger partial charge in [-0.05, 0) is 6.92 Å². The lowest BCUT2D eigenvalue weighted by molar-refractivity contribution is -0.145. The van der Waals surface area contributed by atoms with Gasteiger partial charge in [0.1, 0.15) is 6.04 Å².